The van der Waals surface area contributed by atoms with E-state index in [0.717, 1.165) is 6.92 Å². The van der Waals surface area contributed by atoms with Gasteiger partial charge >= 0.3 is 7.60 Å². The fraction of sp³-hybridized carbons (Fsp3) is 0.500. The van der Waals surface area contributed by atoms with Gasteiger partial charge in [0.2, 0.25) is 5.52 Å². The lowest BCUT2D eigenvalue weighted by Crippen LogP contribution is -1.88. The van der Waals surface area contributed by atoms with Gasteiger partial charge in [0.15, 0.2) is 0 Å². The number of carbonyl (C=O) groups is 1. The van der Waals surface area contributed by atoms with Crippen molar-refractivity contribution in [3.05, 3.63) is 0 Å². The minimum atomic E-state index is -4.38. The Bertz CT molecular complexity index is 122. The molecule has 4 nitrogen and oxygen atoms in total. The summed E-state index contributed by atoms with van der Waals surface area (Å²) in [6, 6.07) is 0. The predicted octanol–water partition coefficient (Wildman–Crippen LogP) is -0.289. The van der Waals surface area contributed by atoms with Gasteiger partial charge in [0.1, 0.15) is 0 Å². The molecular formula is C2H5O4P. The predicted molar refractivity (Wildman–Crippen MR) is 22.7 cm³/mol. The lowest BCUT2D eigenvalue weighted by atomic mass is 10.9. The monoisotopic (exact) mass is 124 g/mol. The van der Waals surface area contributed by atoms with Crippen LogP contribution in [0.4, 0.5) is 0 Å². The molecule has 0 saturated carbocycles. The van der Waals surface area contributed by atoms with E-state index in [0.29, 0.717) is 0 Å². The maximum Gasteiger partial charge on any atom is 0.391 e. The first kappa shape index (κ1) is 6.82. The molecule has 0 aromatic rings. The van der Waals surface area contributed by atoms with Crippen LogP contribution < -0.4 is 0 Å². The third-order valence-corrected chi connectivity index (χ3v) is 1.23. The van der Waals surface area contributed by atoms with Crippen LogP contribution in [0.1, 0.15) is 6.92 Å². The average Bonchev–Trinajstić information content (AvgIpc) is 1.31. The van der Waals surface area contributed by atoms with E-state index < -0.39 is 13.1 Å². The maximum atomic E-state index is 9.70. The van der Waals surface area contributed by atoms with Crippen LogP contribution in [-0.2, 0) is 9.36 Å². The zero-order chi connectivity index (χ0) is 6.08. The summed E-state index contributed by atoms with van der Waals surface area (Å²) in [4.78, 5) is 25.4. The highest BCUT2D eigenvalue weighted by molar-refractivity contribution is 7.69. The van der Waals surface area contributed by atoms with Crippen molar-refractivity contribution in [1.29, 1.82) is 0 Å². The Hall–Kier alpha value is -0.180. The van der Waals surface area contributed by atoms with E-state index in [4.69, 9.17) is 9.79 Å². The second-order valence-corrected chi connectivity index (χ2v) is 2.78. The number of hydrogen-bond donors (Lipinski definition) is 2. The van der Waals surface area contributed by atoms with Gasteiger partial charge in [-0.2, -0.15) is 0 Å². The maximum absolute atomic E-state index is 9.70. The van der Waals surface area contributed by atoms with Crippen molar-refractivity contribution in [2.24, 2.45) is 0 Å². The standard InChI is InChI=1S/C2H5O4P/c1-2(3)7(4,5)6/h1H3,(H2,4,5,6). The summed E-state index contributed by atoms with van der Waals surface area (Å²) in [6.07, 6.45) is 0. The van der Waals surface area contributed by atoms with Crippen molar-refractivity contribution in [1.82, 2.24) is 0 Å². The van der Waals surface area contributed by atoms with Crippen LogP contribution in [0.2, 0.25) is 0 Å². The minimum absolute atomic E-state index is 0.848. The highest BCUT2D eigenvalue weighted by atomic mass is 31.2. The van der Waals surface area contributed by atoms with E-state index in [9.17, 15) is 9.36 Å². The van der Waals surface area contributed by atoms with Gasteiger partial charge in [0.05, 0.1) is 0 Å². The molecular weight excluding hydrogens is 119 g/mol. The van der Waals surface area contributed by atoms with Crippen LogP contribution in [0.5, 0.6) is 0 Å². The summed E-state index contributed by atoms with van der Waals surface area (Å²) in [7, 11) is -4.38. The number of hydrogen-bond acceptors (Lipinski definition) is 2. The third kappa shape index (κ3) is 2.51. The fourth-order valence-electron chi connectivity index (χ4n) is 0. The van der Waals surface area contributed by atoms with Crippen molar-refractivity contribution in [2.75, 3.05) is 0 Å². The molecule has 0 amide bonds. The van der Waals surface area contributed by atoms with E-state index in [-0.39, 0.29) is 0 Å². The molecule has 0 spiro atoms. The van der Waals surface area contributed by atoms with Gasteiger partial charge in [-0.05, 0) is 0 Å². The molecule has 0 unspecified atom stereocenters. The van der Waals surface area contributed by atoms with Gasteiger partial charge in [-0.3, -0.25) is 9.36 Å². The van der Waals surface area contributed by atoms with Gasteiger partial charge in [-0.25, -0.2) is 0 Å². The molecule has 5 heteroatoms. The van der Waals surface area contributed by atoms with Gasteiger partial charge in [-0.15, -0.1) is 0 Å². The Labute approximate surface area is 40.3 Å². The van der Waals surface area contributed by atoms with Crippen LogP contribution >= 0.6 is 7.60 Å². The normalized spacial score (nSPS) is 11.3. The average molecular weight is 124 g/mol. The van der Waals surface area contributed by atoms with Crippen molar-refractivity contribution in [3.63, 3.8) is 0 Å². The Kier molecular flexibility index (Phi) is 1.69. The smallest absolute Gasteiger partial charge is 0.319 e. The van der Waals surface area contributed by atoms with Crippen LogP contribution in [0.15, 0.2) is 0 Å². The van der Waals surface area contributed by atoms with Gasteiger partial charge in [0, 0.05) is 6.92 Å². The molecule has 0 aliphatic rings. The summed E-state index contributed by atoms with van der Waals surface area (Å²) in [5.41, 5.74) is -1.09. The number of rotatable bonds is 1. The molecule has 0 atom stereocenters. The molecule has 0 aliphatic heterocycles. The molecule has 42 valence electrons. The van der Waals surface area contributed by atoms with E-state index in [2.05, 4.69) is 0 Å². The topological polar surface area (TPSA) is 74.6 Å². The molecule has 0 bridgehead atoms. The molecule has 0 heterocycles. The third-order valence-electron chi connectivity index (χ3n) is 0.410. The summed E-state index contributed by atoms with van der Waals surface area (Å²) < 4.78 is 9.68. The van der Waals surface area contributed by atoms with Crippen molar-refractivity contribution in [2.45, 2.75) is 6.92 Å². The Morgan fingerprint density at radius 2 is 1.71 bits per heavy atom. The SMILES string of the molecule is CC(=O)P(=O)(O)O. The molecule has 0 aromatic carbocycles. The second-order valence-electron chi connectivity index (χ2n) is 1.06. The molecule has 0 saturated heterocycles. The van der Waals surface area contributed by atoms with Crippen molar-refractivity contribution >= 4 is 13.1 Å². The van der Waals surface area contributed by atoms with E-state index in [1.165, 1.54) is 0 Å². The summed E-state index contributed by atoms with van der Waals surface area (Å²) in [5.74, 6) is 0. The molecule has 0 aliphatic carbocycles. The second kappa shape index (κ2) is 1.74. The van der Waals surface area contributed by atoms with Gasteiger partial charge < -0.3 is 9.79 Å². The van der Waals surface area contributed by atoms with Crippen molar-refractivity contribution in [3.8, 4) is 0 Å². The van der Waals surface area contributed by atoms with Gasteiger partial charge in [-0.1, -0.05) is 0 Å². The van der Waals surface area contributed by atoms with E-state index in [1.54, 1.807) is 0 Å². The van der Waals surface area contributed by atoms with Crippen LogP contribution in [0.25, 0.3) is 0 Å². The Balaban J connectivity index is 4.09. The summed E-state index contributed by atoms with van der Waals surface area (Å²) in [5, 5.41) is 0. The molecule has 0 aromatic heterocycles. The minimum Gasteiger partial charge on any atom is -0.319 e. The van der Waals surface area contributed by atoms with Crippen LogP contribution in [0.3, 0.4) is 0 Å². The Morgan fingerprint density at radius 1 is 1.57 bits per heavy atom. The highest BCUT2D eigenvalue weighted by Crippen LogP contribution is 2.34. The molecule has 0 radical (unpaired) electrons. The molecule has 0 fully saturated rings. The molecule has 7 heavy (non-hydrogen) atoms. The van der Waals surface area contributed by atoms with Crippen LogP contribution in [-0.4, -0.2) is 15.3 Å². The largest absolute Gasteiger partial charge is 0.391 e. The van der Waals surface area contributed by atoms with Gasteiger partial charge in [0.25, 0.3) is 0 Å². The zero-order valence-electron chi connectivity index (χ0n) is 3.66. The molecule has 2 N–H and O–H groups in total. The first-order valence-electron chi connectivity index (χ1n) is 1.51. The first-order valence-corrected chi connectivity index (χ1v) is 3.12. The zero-order valence-corrected chi connectivity index (χ0v) is 4.55. The first-order chi connectivity index (χ1) is 2.94. The summed E-state index contributed by atoms with van der Waals surface area (Å²) >= 11 is 0. The fourth-order valence-corrected chi connectivity index (χ4v) is 0. The highest BCUT2D eigenvalue weighted by Gasteiger charge is 2.18. The number of carbonyl (C=O) groups excluding carboxylic acids is 1. The van der Waals surface area contributed by atoms with Crippen molar-refractivity contribution < 1.29 is 19.1 Å². The quantitative estimate of drug-likeness (QED) is 0.471. The lowest BCUT2D eigenvalue weighted by molar-refractivity contribution is -0.111. The Morgan fingerprint density at radius 3 is 1.71 bits per heavy atom. The lowest BCUT2D eigenvalue weighted by Gasteiger charge is -1.91. The molecule has 0 rings (SSSR count). The van der Waals surface area contributed by atoms with E-state index in [1.807, 2.05) is 0 Å². The van der Waals surface area contributed by atoms with E-state index >= 15 is 0 Å². The summed E-state index contributed by atoms with van der Waals surface area (Å²) in [6.45, 7) is 0.848. The van der Waals surface area contributed by atoms with Crippen LogP contribution in [0, 0.1) is 0 Å².